The van der Waals surface area contributed by atoms with Gasteiger partial charge in [0.05, 0.1) is 42.5 Å². The van der Waals surface area contributed by atoms with Gasteiger partial charge in [-0.3, -0.25) is 9.59 Å². The fourth-order valence-electron chi connectivity index (χ4n) is 6.95. The summed E-state index contributed by atoms with van der Waals surface area (Å²) in [5, 5.41) is 13.9. The van der Waals surface area contributed by atoms with Crippen molar-refractivity contribution in [2.45, 2.75) is 83.5 Å². The third-order valence-electron chi connectivity index (χ3n) is 9.77. The smallest absolute Gasteiger partial charge is 0.407 e. The summed E-state index contributed by atoms with van der Waals surface area (Å²) in [6.45, 7) is 6.72. The van der Waals surface area contributed by atoms with E-state index in [4.69, 9.17) is 9.84 Å². The summed E-state index contributed by atoms with van der Waals surface area (Å²) in [4.78, 5) is 68.8. The molecule has 4 aromatic rings. The standard InChI is InChI=1S/C38H46N8O6/c1-4-5-20-52-38(51)42-24(3)36(48)46-19-7-9-32(46)34-40-22-30(44-34)28-16-12-26(13-17-28)25-10-14-27(15-11-25)29-21-39-33(43-29)31-8-6-18-45(31)35(47)23(2)41-37(49)50/h10-17,21-24,31-32,41H,4-9,18-20H2,1-3H3,(H,39,43)(H,40,44)(H,42,51)(H,49,50)/t23-,24-,31-,32-/m0/s1. The van der Waals surface area contributed by atoms with Gasteiger partial charge in [-0.05, 0) is 68.2 Å². The molecule has 2 aromatic carbocycles. The zero-order chi connectivity index (χ0) is 36.8. The van der Waals surface area contributed by atoms with E-state index in [2.05, 4.69) is 54.8 Å². The van der Waals surface area contributed by atoms with Crippen LogP contribution in [0.25, 0.3) is 33.6 Å². The normalized spacial score (nSPS) is 18.2. The number of nitrogens with zero attached hydrogens (tertiary/aromatic N) is 4. The average Bonchev–Trinajstić information content (AvgIpc) is 3.98. The van der Waals surface area contributed by atoms with E-state index in [0.717, 1.165) is 78.0 Å². The van der Waals surface area contributed by atoms with E-state index in [9.17, 15) is 19.2 Å². The van der Waals surface area contributed by atoms with E-state index >= 15 is 0 Å². The molecular weight excluding hydrogens is 664 g/mol. The number of hydrogen-bond acceptors (Lipinski definition) is 7. The molecule has 2 aliphatic heterocycles. The van der Waals surface area contributed by atoms with Crippen LogP contribution in [0.3, 0.4) is 0 Å². The monoisotopic (exact) mass is 710 g/mol. The minimum atomic E-state index is -1.23. The first kappa shape index (κ1) is 36.1. The van der Waals surface area contributed by atoms with Crippen LogP contribution in [-0.4, -0.2) is 90.6 Å². The molecule has 6 rings (SSSR count). The summed E-state index contributed by atoms with van der Waals surface area (Å²) >= 11 is 0. The van der Waals surface area contributed by atoms with Gasteiger partial charge in [-0.25, -0.2) is 19.6 Å². The largest absolute Gasteiger partial charge is 0.465 e. The highest BCUT2D eigenvalue weighted by Crippen LogP contribution is 2.34. The number of H-pyrrole nitrogens is 2. The number of ether oxygens (including phenoxy) is 1. The number of hydrogen-bond donors (Lipinski definition) is 5. The molecule has 0 spiro atoms. The first-order valence-corrected chi connectivity index (χ1v) is 18.0. The number of likely N-dealkylation sites (tertiary alicyclic amines) is 2. The molecule has 14 heteroatoms. The highest BCUT2D eigenvalue weighted by Gasteiger charge is 2.36. The van der Waals surface area contributed by atoms with Crippen molar-refractivity contribution < 1.29 is 29.0 Å². The summed E-state index contributed by atoms with van der Waals surface area (Å²) in [6, 6.07) is 14.4. The lowest BCUT2D eigenvalue weighted by molar-refractivity contribution is -0.134. The Morgan fingerprint density at radius 1 is 0.769 bits per heavy atom. The van der Waals surface area contributed by atoms with E-state index in [0.29, 0.717) is 25.5 Å². The number of nitrogens with one attached hydrogen (secondary N) is 4. The van der Waals surface area contributed by atoms with Crippen LogP contribution in [0, 0.1) is 0 Å². The second-order valence-electron chi connectivity index (χ2n) is 13.4. The summed E-state index contributed by atoms with van der Waals surface area (Å²) < 4.78 is 5.16. The lowest BCUT2D eigenvalue weighted by atomic mass is 10.0. The van der Waals surface area contributed by atoms with Crippen molar-refractivity contribution in [3.63, 3.8) is 0 Å². The first-order chi connectivity index (χ1) is 25.1. The topological polar surface area (TPSA) is 186 Å². The van der Waals surface area contributed by atoms with E-state index < -0.39 is 24.3 Å². The van der Waals surface area contributed by atoms with Gasteiger partial charge in [-0.1, -0.05) is 61.9 Å². The number of benzene rings is 2. The van der Waals surface area contributed by atoms with Crippen LogP contribution in [0.5, 0.6) is 0 Å². The Morgan fingerprint density at radius 3 is 1.65 bits per heavy atom. The quantitative estimate of drug-likeness (QED) is 0.110. The molecule has 0 aliphatic carbocycles. The molecule has 0 bridgehead atoms. The Balaban J connectivity index is 1.07. The molecule has 14 nitrogen and oxygen atoms in total. The zero-order valence-corrected chi connectivity index (χ0v) is 29.7. The summed E-state index contributed by atoms with van der Waals surface area (Å²) in [5.41, 5.74) is 5.71. The Hall–Kier alpha value is -5.66. The Kier molecular flexibility index (Phi) is 11.2. The molecule has 52 heavy (non-hydrogen) atoms. The molecule has 2 aromatic heterocycles. The van der Waals surface area contributed by atoms with Crippen LogP contribution < -0.4 is 10.6 Å². The lowest BCUT2D eigenvalue weighted by Crippen LogP contribution is -2.47. The van der Waals surface area contributed by atoms with Crippen molar-refractivity contribution in [1.82, 2.24) is 40.4 Å². The molecule has 2 aliphatic rings. The summed E-state index contributed by atoms with van der Waals surface area (Å²) in [7, 11) is 0. The van der Waals surface area contributed by atoms with Gasteiger partial charge in [-0.2, -0.15) is 0 Å². The Morgan fingerprint density at radius 2 is 1.21 bits per heavy atom. The second kappa shape index (κ2) is 16.1. The highest BCUT2D eigenvalue weighted by atomic mass is 16.5. The third kappa shape index (κ3) is 8.11. The average molecular weight is 711 g/mol. The van der Waals surface area contributed by atoms with Gasteiger partial charge in [0.25, 0.3) is 0 Å². The Labute approximate surface area is 302 Å². The molecule has 2 fully saturated rings. The van der Waals surface area contributed by atoms with Crippen molar-refractivity contribution in [1.29, 1.82) is 0 Å². The Bertz CT molecular complexity index is 1870. The number of imidazole rings is 2. The molecule has 0 radical (unpaired) electrons. The fraction of sp³-hybridized carbons (Fsp3) is 0.421. The molecule has 274 valence electrons. The van der Waals surface area contributed by atoms with E-state index in [1.807, 2.05) is 31.2 Å². The maximum Gasteiger partial charge on any atom is 0.407 e. The summed E-state index contributed by atoms with van der Waals surface area (Å²) in [6.07, 6.45) is 6.65. The lowest BCUT2D eigenvalue weighted by Gasteiger charge is -2.26. The molecule has 0 unspecified atom stereocenters. The number of aromatic nitrogens is 4. The predicted octanol–water partition coefficient (Wildman–Crippen LogP) is 6.03. The number of carbonyl (C=O) groups is 4. The fourth-order valence-corrected chi connectivity index (χ4v) is 6.95. The number of aromatic amines is 2. The van der Waals surface area contributed by atoms with E-state index in [1.54, 1.807) is 36.0 Å². The van der Waals surface area contributed by atoms with E-state index in [1.165, 1.54) is 0 Å². The summed E-state index contributed by atoms with van der Waals surface area (Å²) in [5.74, 6) is 0.979. The van der Waals surface area contributed by atoms with Crippen molar-refractivity contribution in [2.75, 3.05) is 19.7 Å². The molecule has 4 atom stereocenters. The van der Waals surface area contributed by atoms with Gasteiger partial charge in [0.15, 0.2) is 0 Å². The van der Waals surface area contributed by atoms with Crippen molar-refractivity contribution >= 4 is 24.0 Å². The number of alkyl carbamates (subject to hydrolysis) is 1. The van der Waals surface area contributed by atoms with Crippen LogP contribution >= 0.6 is 0 Å². The van der Waals surface area contributed by atoms with Gasteiger partial charge in [0.2, 0.25) is 11.8 Å². The molecule has 4 heterocycles. The molecule has 2 saturated heterocycles. The zero-order valence-electron chi connectivity index (χ0n) is 29.7. The van der Waals surface area contributed by atoms with Crippen LogP contribution in [0.15, 0.2) is 60.9 Å². The van der Waals surface area contributed by atoms with Crippen LogP contribution in [0.4, 0.5) is 9.59 Å². The number of carbonyl (C=O) groups excluding carboxylic acids is 3. The second-order valence-corrected chi connectivity index (χ2v) is 13.4. The molecular formula is C38H46N8O6. The number of unbranched alkanes of at least 4 members (excludes halogenated alkanes) is 1. The third-order valence-corrected chi connectivity index (χ3v) is 9.77. The van der Waals surface area contributed by atoms with Crippen LogP contribution in [0.1, 0.15) is 83.0 Å². The van der Waals surface area contributed by atoms with Crippen molar-refractivity contribution in [3.05, 3.63) is 72.6 Å². The predicted molar refractivity (Wildman–Crippen MR) is 194 cm³/mol. The SMILES string of the molecule is CCCCOC(=O)N[C@@H](C)C(=O)N1CCC[C@H]1c1ncc(-c2ccc(-c3ccc(-c4cnc([C@@H]5CCCN5C(=O)[C@H](C)NC(=O)O)[nH]4)cc3)cc2)[nH]1. The van der Waals surface area contributed by atoms with Gasteiger partial charge >= 0.3 is 12.2 Å². The maximum atomic E-state index is 13.3. The number of carboxylic acid groups (broad SMARTS) is 1. The van der Waals surface area contributed by atoms with Crippen molar-refractivity contribution in [2.24, 2.45) is 0 Å². The molecule has 4 amide bonds. The van der Waals surface area contributed by atoms with Crippen LogP contribution in [0.2, 0.25) is 0 Å². The van der Waals surface area contributed by atoms with Gasteiger partial charge in [0, 0.05) is 13.1 Å². The van der Waals surface area contributed by atoms with Gasteiger partial charge in [0.1, 0.15) is 23.7 Å². The number of amides is 4. The minimum absolute atomic E-state index is 0.162. The van der Waals surface area contributed by atoms with Crippen molar-refractivity contribution in [3.8, 4) is 33.6 Å². The first-order valence-electron chi connectivity index (χ1n) is 18.0. The number of rotatable bonds is 12. The van der Waals surface area contributed by atoms with Gasteiger partial charge < -0.3 is 40.2 Å². The maximum absolute atomic E-state index is 13.3. The molecule has 5 N–H and O–H groups in total. The molecule has 0 saturated carbocycles. The highest BCUT2D eigenvalue weighted by molar-refractivity contribution is 5.86. The van der Waals surface area contributed by atoms with Crippen LogP contribution in [-0.2, 0) is 14.3 Å². The van der Waals surface area contributed by atoms with Gasteiger partial charge in [-0.15, -0.1) is 0 Å². The minimum Gasteiger partial charge on any atom is -0.465 e. The van der Waals surface area contributed by atoms with E-state index in [-0.39, 0.29) is 23.9 Å².